The number of amides is 1. The summed E-state index contributed by atoms with van der Waals surface area (Å²) in [6.45, 7) is 4.18. The first kappa shape index (κ1) is 15.9. The quantitative estimate of drug-likeness (QED) is 0.818. The molecule has 3 rings (SSSR count). The van der Waals surface area contributed by atoms with Gasteiger partial charge in [-0.2, -0.15) is 0 Å². The Balaban J connectivity index is 1.88. The lowest BCUT2D eigenvalue weighted by molar-refractivity contribution is 0.0479. The van der Waals surface area contributed by atoms with E-state index in [1.54, 1.807) is 30.3 Å². The molecule has 0 saturated carbocycles. The Kier molecular flexibility index (Phi) is 4.35. The van der Waals surface area contributed by atoms with E-state index in [0.29, 0.717) is 22.2 Å². The second-order valence-electron chi connectivity index (χ2n) is 6.24. The molecule has 5 heteroatoms. The molecule has 1 aliphatic rings. The molecule has 2 N–H and O–H groups in total. The summed E-state index contributed by atoms with van der Waals surface area (Å²) in [7, 11) is 0. The van der Waals surface area contributed by atoms with Gasteiger partial charge < -0.3 is 15.1 Å². The van der Waals surface area contributed by atoms with Gasteiger partial charge in [-0.25, -0.2) is 0 Å². The Bertz CT molecular complexity index is 716. The minimum atomic E-state index is -0.0532. The highest BCUT2D eigenvalue weighted by atomic mass is 35.5. The van der Waals surface area contributed by atoms with Crippen molar-refractivity contribution in [3.05, 3.63) is 41.1 Å². The third kappa shape index (κ3) is 3.08. The molecule has 0 bridgehead atoms. The van der Waals surface area contributed by atoms with Gasteiger partial charge in [0.2, 0.25) is 0 Å². The van der Waals surface area contributed by atoms with Gasteiger partial charge in [0.05, 0.1) is 5.02 Å². The maximum atomic E-state index is 12.8. The standard InChI is InChI=1S/C18H21ClN2O2/c1-11-4-3-5-12(2)21(11)18(22)17-9-8-16(23-17)14-7-6-13(20)10-15(14)19/h6-12H,3-5,20H2,1-2H3/t11-,12-/m1/s1. The van der Waals surface area contributed by atoms with Crippen molar-refractivity contribution in [3.8, 4) is 11.3 Å². The van der Waals surface area contributed by atoms with Gasteiger partial charge >= 0.3 is 0 Å². The molecule has 0 unspecified atom stereocenters. The van der Waals surface area contributed by atoms with E-state index < -0.39 is 0 Å². The van der Waals surface area contributed by atoms with Crippen molar-refractivity contribution >= 4 is 23.2 Å². The Morgan fingerprint density at radius 2 is 1.91 bits per heavy atom. The van der Waals surface area contributed by atoms with Crippen LogP contribution in [0.5, 0.6) is 0 Å². The lowest BCUT2D eigenvalue weighted by Gasteiger charge is -2.38. The Labute approximate surface area is 141 Å². The highest BCUT2D eigenvalue weighted by Crippen LogP contribution is 2.32. The minimum Gasteiger partial charge on any atom is -0.451 e. The molecule has 0 aliphatic carbocycles. The maximum absolute atomic E-state index is 12.8. The fourth-order valence-corrected chi connectivity index (χ4v) is 3.56. The second kappa shape index (κ2) is 6.28. The summed E-state index contributed by atoms with van der Waals surface area (Å²) in [6.07, 6.45) is 3.23. The van der Waals surface area contributed by atoms with Crippen LogP contribution in [-0.4, -0.2) is 22.9 Å². The first-order valence-corrected chi connectivity index (χ1v) is 8.33. The molecule has 23 heavy (non-hydrogen) atoms. The zero-order valence-electron chi connectivity index (χ0n) is 13.4. The highest BCUT2D eigenvalue weighted by Gasteiger charge is 2.31. The van der Waals surface area contributed by atoms with Gasteiger partial charge in [-0.1, -0.05) is 11.6 Å². The summed E-state index contributed by atoms with van der Waals surface area (Å²) in [5, 5.41) is 0.512. The van der Waals surface area contributed by atoms with Crippen LogP contribution in [0.4, 0.5) is 5.69 Å². The van der Waals surface area contributed by atoms with Crippen molar-refractivity contribution < 1.29 is 9.21 Å². The Morgan fingerprint density at radius 3 is 2.57 bits per heavy atom. The minimum absolute atomic E-state index is 0.0532. The molecule has 2 atom stereocenters. The molecule has 0 radical (unpaired) electrons. The van der Waals surface area contributed by atoms with E-state index in [4.69, 9.17) is 21.8 Å². The third-order valence-corrected chi connectivity index (χ3v) is 4.82. The van der Waals surface area contributed by atoms with Crippen molar-refractivity contribution in [2.24, 2.45) is 0 Å². The Hall–Kier alpha value is -1.94. The number of rotatable bonds is 2. The smallest absolute Gasteiger partial charge is 0.290 e. The molecule has 1 saturated heterocycles. The number of anilines is 1. The number of nitrogens with two attached hydrogens (primary N) is 1. The number of carbonyl (C=O) groups is 1. The van der Waals surface area contributed by atoms with E-state index in [9.17, 15) is 4.79 Å². The van der Waals surface area contributed by atoms with Gasteiger partial charge in [0, 0.05) is 23.3 Å². The molecule has 1 aromatic heterocycles. The van der Waals surface area contributed by atoms with Crippen molar-refractivity contribution in [3.63, 3.8) is 0 Å². The van der Waals surface area contributed by atoms with Crippen LogP contribution in [0.2, 0.25) is 5.02 Å². The molecule has 2 aromatic rings. The van der Waals surface area contributed by atoms with Crippen molar-refractivity contribution in [1.29, 1.82) is 0 Å². The highest BCUT2D eigenvalue weighted by molar-refractivity contribution is 6.33. The number of nitrogen functional groups attached to an aromatic ring is 1. The van der Waals surface area contributed by atoms with E-state index in [2.05, 4.69) is 13.8 Å². The Morgan fingerprint density at radius 1 is 1.22 bits per heavy atom. The monoisotopic (exact) mass is 332 g/mol. The summed E-state index contributed by atoms with van der Waals surface area (Å²) < 4.78 is 5.79. The molecule has 122 valence electrons. The number of hydrogen-bond acceptors (Lipinski definition) is 3. The van der Waals surface area contributed by atoms with Gasteiger partial charge in [-0.15, -0.1) is 0 Å². The van der Waals surface area contributed by atoms with Crippen LogP contribution in [0, 0.1) is 0 Å². The number of carbonyl (C=O) groups excluding carboxylic acids is 1. The number of benzene rings is 1. The van der Waals surface area contributed by atoms with Crippen LogP contribution >= 0.6 is 11.6 Å². The third-order valence-electron chi connectivity index (χ3n) is 4.50. The number of halogens is 1. The second-order valence-corrected chi connectivity index (χ2v) is 6.65. The van der Waals surface area contributed by atoms with Crippen molar-refractivity contribution in [2.75, 3.05) is 5.73 Å². The molecule has 1 fully saturated rings. The fraction of sp³-hybridized carbons (Fsp3) is 0.389. The summed E-state index contributed by atoms with van der Waals surface area (Å²) >= 11 is 6.21. The average molecular weight is 333 g/mol. The predicted molar refractivity (Wildman–Crippen MR) is 92.5 cm³/mol. The lowest BCUT2D eigenvalue weighted by Crippen LogP contribution is -2.47. The summed E-state index contributed by atoms with van der Waals surface area (Å²) in [6, 6.07) is 9.22. The zero-order chi connectivity index (χ0) is 16.6. The van der Waals surface area contributed by atoms with Crippen LogP contribution in [0.25, 0.3) is 11.3 Å². The van der Waals surface area contributed by atoms with Gasteiger partial charge in [0.15, 0.2) is 5.76 Å². The van der Waals surface area contributed by atoms with Gasteiger partial charge in [0.1, 0.15) is 5.76 Å². The molecule has 0 spiro atoms. The first-order chi connectivity index (χ1) is 11.0. The van der Waals surface area contributed by atoms with Crippen LogP contribution in [-0.2, 0) is 0 Å². The van der Waals surface area contributed by atoms with Gasteiger partial charge in [0.25, 0.3) is 5.91 Å². The van der Waals surface area contributed by atoms with Crippen molar-refractivity contribution in [1.82, 2.24) is 4.90 Å². The molecule has 1 aliphatic heterocycles. The topological polar surface area (TPSA) is 59.5 Å². The lowest BCUT2D eigenvalue weighted by atomic mass is 9.97. The van der Waals surface area contributed by atoms with Crippen LogP contribution in [0.3, 0.4) is 0 Å². The van der Waals surface area contributed by atoms with E-state index in [0.717, 1.165) is 24.8 Å². The van der Waals surface area contributed by atoms with Gasteiger partial charge in [-0.05, 0) is 63.4 Å². The van der Waals surface area contributed by atoms with E-state index in [-0.39, 0.29) is 18.0 Å². The summed E-state index contributed by atoms with van der Waals surface area (Å²) in [5.74, 6) is 0.881. The predicted octanol–water partition coefficient (Wildman–Crippen LogP) is 4.59. The van der Waals surface area contributed by atoms with E-state index in [1.807, 2.05) is 4.90 Å². The van der Waals surface area contributed by atoms with Gasteiger partial charge in [-0.3, -0.25) is 4.79 Å². The number of nitrogens with zero attached hydrogens (tertiary/aromatic N) is 1. The summed E-state index contributed by atoms with van der Waals surface area (Å²) in [4.78, 5) is 14.7. The van der Waals surface area contributed by atoms with Crippen LogP contribution in [0.15, 0.2) is 34.7 Å². The molecular formula is C18H21ClN2O2. The number of likely N-dealkylation sites (tertiary alicyclic amines) is 1. The average Bonchev–Trinajstić information content (AvgIpc) is 2.96. The van der Waals surface area contributed by atoms with Crippen LogP contribution < -0.4 is 5.73 Å². The van der Waals surface area contributed by atoms with Crippen LogP contribution in [0.1, 0.15) is 43.7 Å². The number of hydrogen-bond donors (Lipinski definition) is 1. The summed E-state index contributed by atoms with van der Waals surface area (Å²) in [5.41, 5.74) is 7.04. The number of furan rings is 1. The molecular weight excluding hydrogens is 312 g/mol. The number of piperidine rings is 1. The molecule has 1 amide bonds. The molecule has 4 nitrogen and oxygen atoms in total. The SMILES string of the molecule is C[C@@H]1CCC[C@@H](C)N1C(=O)c1ccc(-c2ccc(N)cc2Cl)o1. The molecule has 2 heterocycles. The fourth-order valence-electron chi connectivity index (χ4n) is 3.28. The van der Waals surface area contributed by atoms with E-state index in [1.165, 1.54) is 0 Å². The normalized spacial score (nSPS) is 21.4. The largest absolute Gasteiger partial charge is 0.451 e. The van der Waals surface area contributed by atoms with Crippen molar-refractivity contribution in [2.45, 2.75) is 45.2 Å². The maximum Gasteiger partial charge on any atom is 0.290 e. The zero-order valence-corrected chi connectivity index (χ0v) is 14.1. The first-order valence-electron chi connectivity index (χ1n) is 7.95. The van der Waals surface area contributed by atoms with E-state index >= 15 is 0 Å². The molecule has 1 aromatic carbocycles.